The van der Waals surface area contributed by atoms with Gasteiger partial charge in [-0.25, -0.2) is 0 Å². The number of nitrogens with zero attached hydrogens (tertiary/aromatic N) is 1. The Morgan fingerprint density at radius 1 is 1.30 bits per heavy atom. The van der Waals surface area contributed by atoms with Crippen molar-refractivity contribution in [2.75, 3.05) is 6.79 Å². The molecule has 3 rings (SSSR count). The summed E-state index contributed by atoms with van der Waals surface area (Å²) in [6, 6.07) is 7.83. The molecule has 120 valence electrons. The number of nitrogens with one attached hydrogen (secondary N) is 3. The summed E-state index contributed by atoms with van der Waals surface area (Å²) in [6.07, 6.45) is 1.74. The van der Waals surface area contributed by atoms with Crippen LogP contribution in [-0.4, -0.2) is 23.1 Å². The molecule has 2 heterocycles. The number of H-pyrrole nitrogens is 1. The van der Waals surface area contributed by atoms with Crippen LogP contribution in [0.25, 0.3) is 0 Å². The molecule has 7 heteroatoms. The van der Waals surface area contributed by atoms with Crippen molar-refractivity contribution in [3.8, 4) is 11.5 Å². The van der Waals surface area contributed by atoms with Crippen LogP contribution in [0.5, 0.6) is 11.5 Å². The summed E-state index contributed by atoms with van der Waals surface area (Å²) in [7, 11) is 0. The first kappa shape index (κ1) is 15.4. The molecule has 3 N–H and O–H groups in total. The van der Waals surface area contributed by atoms with Gasteiger partial charge in [-0.3, -0.25) is 5.43 Å². The van der Waals surface area contributed by atoms with Gasteiger partial charge in [0.25, 0.3) is 0 Å². The average Bonchev–Trinajstić information content (AvgIpc) is 3.11. The highest BCUT2D eigenvalue weighted by atomic mass is 32.1. The van der Waals surface area contributed by atoms with Crippen molar-refractivity contribution in [2.45, 2.75) is 20.4 Å². The van der Waals surface area contributed by atoms with Crippen LogP contribution >= 0.6 is 12.2 Å². The van der Waals surface area contributed by atoms with Crippen LogP contribution < -0.4 is 20.2 Å². The fourth-order valence-electron chi connectivity index (χ4n) is 2.31. The molecular formula is C16H18N4O2S. The second-order valence-electron chi connectivity index (χ2n) is 5.27. The molecule has 0 amide bonds. The number of hydrazone groups is 1. The number of thiocarbonyl (C=S) groups is 1. The minimum atomic E-state index is 0.277. The lowest BCUT2D eigenvalue weighted by Gasteiger charge is -2.07. The van der Waals surface area contributed by atoms with E-state index in [0.717, 1.165) is 34.0 Å². The lowest BCUT2D eigenvalue weighted by Crippen LogP contribution is -2.31. The van der Waals surface area contributed by atoms with Gasteiger partial charge in [-0.15, -0.1) is 0 Å². The fourth-order valence-corrected chi connectivity index (χ4v) is 2.44. The Balaban J connectivity index is 1.49. The molecule has 0 saturated heterocycles. The highest BCUT2D eigenvalue weighted by Crippen LogP contribution is 2.32. The molecule has 2 aromatic rings. The van der Waals surface area contributed by atoms with Crippen LogP contribution in [-0.2, 0) is 6.54 Å². The number of fused-ring (bicyclic) bond motifs is 1. The second kappa shape index (κ2) is 6.70. The smallest absolute Gasteiger partial charge is 0.231 e. The van der Waals surface area contributed by atoms with Crippen LogP contribution in [0.3, 0.4) is 0 Å². The van der Waals surface area contributed by atoms with E-state index in [-0.39, 0.29) is 6.79 Å². The van der Waals surface area contributed by atoms with E-state index in [4.69, 9.17) is 21.7 Å². The fraction of sp³-hybridized carbons (Fsp3) is 0.250. The average molecular weight is 330 g/mol. The topological polar surface area (TPSA) is 70.7 Å². The molecule has 0 atom stereocenters. The van der Waals surface area contributed by atoms with Gasteiger partial charge < -0.3 is 19.8 Å². The minimum absolute atomic E-state index is 0.277. The Morgan fingerprint density at radius 2 is 2.13 bits per heavy atom. The summed E-state index contributed by atoms with van der Waals surface area (Å²) in [6.45, 7) is 4.87. The van der Waals surface area contributed by atoms with Crippen molar-refractivity contribution in [2.24, 2.45) is 5.10 Å². The lowest BCUT2D eigenvalue weighted by atomic mass is 10.2. The Labute approximate surface area is 139 Å². The Bertz CT molecular complexity index is 755. The molecule has 0 radical (unpaired) electrons. The van der Waals surface area contributed by atoms with Crippen LogP contribution in [0.15, 0.2) is 29.4 Å². The van der Waals surface area contributed by atoms with Crippen molar-refractivity contribution in [3.05, 3.63) is 46.8 Å². The number of aryl methyl sites for hydroxylation is 2. The summed E-state index contributed by atoms with van der Waals surface area (Å²) in [5, 5.41) is 7.70. The summed E-state index contributed by atoms with van der Waals surface area (Å²) in [5.41, 5.74) is 7.08. The standard InChI is InChI=1S/C16H18N4O2S/c1-10-5-13(11(2)19-10)8-18-20-16(23)17-7-12-3-4-14-15(6-12)22-9-21-14/h3-6,8,19H,7,9H2,1-2H3,(H2,17,20,23)/b18-8+. The van der Waals surface area contributed by atoms with Gasteiger partial charge in [0.2, 0.25) is 6.79 Å². The third kappa shape index (κ3) is 3.81. The summed E-state index contributed by atoms with van der Waals surface area (Å²) < 4.78 is 10.6. The van der Waals surface area contributed by atoms with Gasteiger partial charge in [0, 0.05) is 23.5 Å². The Kier molecular flexibility index (Phi) is 4.47. The zero-order chi connectivity index (χ0) is 16.2. The van der Waals surface area contributed by atoms with Crippen LogP contribution in [0.2, 0.25) is 0 Å². The second-order valence-corrected chi connectivity index (χ2v) is 5.68. The van der Waals surface area contributed by atoms with E-state index < -0.39 is 0 Å². The predicted octanol–water partition coefficient (Wildman–Crippen LogP) is 2.36. The number of aromatic amines is 1. The largest absolute Gasteiger partial charge is 0.454 e. The highest BCUT2D eigenvalue weighted by Gasteiger charge is 2.12. The number of ether oxygens (including phenoxy) is 2. The third-order valence-corrected chi connectivity index (χ3v) is 3.69. The molecule has 1 aromatic heterocycles. The maximum absolute atomic E-state index is 5.35. The number of hydrogen-bond acceptors (Lipinski definition) is 4. The molecule has 0 aliphatic carbocycles. The summed E-state index contributed by atoms with van der Waals surface area (Å²) in [4.78, 5) is 3.22. The SMILES string of the molecule is Cc1cc(/C=N/NC(=S)NCc2ccc3c(c2)OCO3)c(C)[nH]1. The third-order valence-electron chi connectivity index (χ3n) is 3.45. The normalized spacial score (nSPS) is 12.6. The van der Waals surface area contributed by atoms with Gasteiger partial charge in [-0.2, -0.15) is 5.10 Å². The van der Waals surface area contributed by atoms with Crippen LogP contribution in [0.1, 0.15) is 22.5 Å². The van der Waals surface area contributed by atoms with Crippen molar-refractivity contribution in [3.63, 3.8) is 0 Å². The maximum Gasteiger partial charge on any atom is 0.231 e. The molecule has 0 spiro atoms. The van der Waals surface area contributed by atoms with E-state index >= 15 is 0 Å². The molecule has 0 unspecified atom stereocenters. The molecule has 0 bridgehead atoms. The number of rotatable bonds is 4. The number of hydrogen-bond donors (Lipinski definition) is 3. The van der Waals surface area contributed by atoms with Gasteiger partial charge in [0.1, 0.15) is 0 Å². The van der Waals surface area contributed by atoms with Gasteiger partial charge >= 0.3 is 0 Å². The molecule has 1 aliphatic heterocycles. The monoisotopic (exact) mass is 330 g/mol. The van der Waals surface area contributed by atoms with Crippen molar-refractivity contribution in [1.29, 1.82) is 0 Å². The molecule has 0 fully saturated rings. The van der Waals surface area contributed by atoms with Gasteiger partial charge in [0.15, 0.2) is 16.6 Å². The van der Waals surface area contributed by atoms with Crippen molar-refractivity contribution in [1.82, 2.24) is 15.7 Å². The Hall–Kier alpha value is -2.54. The van der Waals surface area contributed by atoms with Crippen molar-refractivity contribution < 1.29 is 9.47 Å². The summed E-state index contributed by atoms with van der Waals surface area (Å²) in [5.74, 6) is 1.54. The quantitative estimate of drug-likeness (QED) is 0.456. The van der Waals surface area contributed by atoms with Gasteiger partial charge in [-0.1, -0.05) is 6.07 Å². The summed E-state index contributed by atoms with van der Waals surface area (Å²) >= 11 is 5.21. The molecular weight excluding hydrogens is 312 g/mol. The van der Waals surface area contributed by atoms with Crippen LogP contribution in [0.4, 0.5) is 0 Å². The van der Waals surface area contributed by atoms with E-state index in [1.807, 2.05) is 38.1 Å². The zero-order valence-corrected chi connectivity index (χ0v) is 13.8. The minimum Gasteiger partial charge on any atom is -0.454 e. The molecule has 1 aromatic carbocycles. The first-order valence-electron chi connectivity index (χ1n) is 7.23. The van der Waals surface area contributed by atoms with E-state index in [9.17, 15) is 0 Å². The zero-order valence-electron chi connectivity index (χ0n) is 13.0. The van der Waals surface area contributed by atoms with Crippen molar-refractivity contribution >= 4 is 23.5 Å². The van der Waals surface area contributed by atoms with E-state index in [1.54, 1.807) is 6.21 Å². The molecule has 0 saturated carbocycles. The van der Waals surface area contributed by atoms with E-state index in [1.165, 1.54) is 0 Å². The predicted molar refractivity (Wildman–Crippen MR) is 93.0 cm³/mol. The molecule has 23 heavy (non-hydrogen) atoms. The molecule has 6 nitrogen and oxygen atoms in total. The van der Waals surface area contributed by atoms with Gasteiger partial charge in [0.05, 0.1) is 6.21 Å². The number of benzene rings is 1. The number of aromatic nitrogens is 1. The lowest BCUT2D eigenvalue weighted by molar-refractivity contribution is 0.174. The molecule has 1 aliphatic rings. The first-order valence-corrected chi connectivity index (χ1v) is 7.64. The Morgan fingerprint density at radius 3 is 2.91 bits per heavy atom. The van der Waals surface area contributed by atoms with Gasteiger partial charge in [-0.05, 0) is 49.8 Å². The van der Waals surface area contributed by atoms with E-state index in [2.05, 4.69) is 20.8 Å². The highest BCUT2D eigenvalue weighted by molar-refractivity contribution is 7.80. The van der Waals surface area contributed by atoms with E-state index in [0.29, 0.717) is 11.7 Å². The first-order chi connectivity index (χ1) is 11.1. The van der Waals surface area contributed by atoms with Crippen LogP contribution in [0, 0.1) is 13.8 Å². The maximum atomic E-state index is 5.35.